The van der Waals surface area contributed by atoms with Crippen LogP contribution in [0.1, 0.15) is 44.9 Å². The minimum atomic E-state index is 0.757. The quantitative estimate of drug-likeness (QED) is 0.829. The second kappa shape index (κ2) is 6.24. The summed E-state index contributed by atoms with van der Waals surface area (Å²) in [5, 5.41) is 5.14. The second-order valence-electron chi connectivity index (χ2n) is 4.55. The van der Waals surface area contributed by atoms with E-state index < -0.39 is 0 Å². The van der Waals surface area contributed by atoms with Crippen molar-refractivity contribution in [3.05, 3.63) is 11.9 Å². The predicted octanol–water partition coefficient (Wildman–Crippen LogP) is 3.64. The molecule has 0 saturated heterocycles. The van der Waals surface area contributed by atoms with Crippen molar-refractivity contribution in [2.24, 2.45) is 0 Å². The number of hydrogen-bond donors (Lipinski definition) is 1. The van der Waals surface area contributed by atoms with Gasteiger partial charge in [-0.05, 0) is 26.7 Å². The van der Waals surface area contributed by atoms with E-state index in [4.69, 9.17) is 0 Å². The average molecular weight is 251 g/mol. The van der Waals surface area contributed by atoms with Crippen molar-refractivity contribution in [1.29, 1.82) is 0 Å². The molecular formula is C13H21N3S. The summed E-state index contributed by atoms with van der Waals surface area (Å²) in [6.07, 6.45) is 6.83. The summed E-state index contributed by atoms with van der Waals surface area (Å²) in [7, 11) is 0. The fourth-order valence-electron chi connectivity index (χ4n) is 2.23. The largest absolute Gasteiger partial charge is 0.370 e. The van der Waals surface area contributed by atoms with Gasteiger partial charge in [-0.25, -0.2) is 9.97 Å². The number of anilines is 1. The summed E-state index contributed by atoms with van der Waals surface area (Å²) in [4.78, 5) is 8.90. The molecule has 0 amide bonds. The third-order valence-corrected chi connectivity index (χ3v) is 4.27. The zero-order chi connectivity index (χ0) is 12.1. The summed E-state index contributed by atoms with van der Waals surface area (Å²) in [5.41, 5.74) is 0. The molecule has 1 aliphatic carbocycles. The molecule has 2 rings (SSSR count). The molecule has 17 heavy (non-hydrogen) atoms. The molecule has 0 radical (unpaired) electrons. The number of aromatic nitrogens is 2. The van der Waals surface area contributed by atoms with Gasteiger partial charge in [0.2, 0.25) is 0 Å². The lowest BCUT2D eigenvalue weighted by Gasteiger charge is -2.20. The number of nitrogens with one attached hydrogen (secondary N) is 1. The molecule has 4 heteroatoms. The predicted molar refractivity (Wildman–Crippen MR) is 73.7 cm³/mol. The van der Waals surface area contributed by atoms with Gasteiger partial charge in [0.05, 0.1) is 0 Å². The number of rotatable bonds is 4. The molecular weight excluding hydrogens is 230 g/mol. The highest BCUT2D eigenvalue weighted by Gasteiger charge is 2.15. The lowest BCUT2D eigenvalue weighted by atomic mass is 10.0. The number of thioether (sulfide) groups is 1. The number of hydrogen-bond acceptors (Lipinski definition) is 4. The normalized spacial score (nSPS) is 17.1. The van der Waals surface area contributed by atoms with E-state index in [9.17, 15) is 0 Å². The van der Waals surface area contributed by atoms with Crippen LogP contribution in [0, 0.1) is 6.92 Å². The van der Waals surface area contributed by atoms with E-state index in [1.165, 1.54) is 32.1 Å². The fourth-order valence-corrected chi connectivity index (χ4v) is 3.50. The summed E-state index contributed by atoms with van der Waals surface area (Å²) < 4.78 is 0. The van der Waals surface area contributed by atoms with Crippen molar-refractivity contribution in [3.8, 4) is 0 Å². The van der Waals surface area contributed by atoms with Crippen LogP contribution in [-0.4, -0.2) is 21.8 Å². The van der Waals surface area contributed by atoms with Gasteiger partial charge >= 0.3 is 0 Å². The van der Waals surface area contributed by atoms with Gasteiger partial charge in [-0.3, -0.25) is 0 Å². The minimum absolute atomic E-state index is 0.757. The first-order valence-electron chi connectivity index (χ1n) is 6.54. The highest BCUT2D eigenvalue weighted by Crippen LogP contribution is 2.33. The first-order valence-corrected chi connectivity index (χ1v) is 7.42. The molecule has 0 spiro atoms. The zero-order valence-electron chi connectivity index (χ0n) is 10.7. The van der Waals surface area contributed by atoms with Crippen molar-refractivity contribution >= 4 is 17.6 Å². The molecule has 94 valence electrons. The molecule has 0 aromatic carbocycles. The average Bonchev–Trinajstić information content (AvgIpc) is 2.30. The van der Waals surface area contributed by atoms with Crippen LogP contribution in [0.5, 0.6) is 0 Å². The Morgan fingerprint density at radius 2 is 2.06 bits per heavy atom. The van der Waals surface area contributed by atoms with Crippen LogP contribution in [-0.2, 0) is 0 Å². The topological polar surface area (TPSA) is 37.8 Å². The summed E-state index contributed by atoms with van der Waals surface area (Å²) in [6, 6.07) is 2.08. The molecule has 1 aliphatic rings. The van der Waals surface area contributed by atoms with Gasteiger partial charge in [0.1, 0.15) is 16.7 Å². The van der Waals surface area contributed by atoms with Gasteiger partial charge in [-0.2, -0.15) is 0 Å². The van der Waals surface area contributed by atoms with Gasteiger partial charge in [0.25, 0.3) is 0 Å². The van der Waals surface area contributed by atoms with E-state index >= 15 is 0 Å². The summed E-state index contributed by atoms with van der Waals surface area (Å²) in [6.45, 7) is 4.96. The lowest BCUT2D eigenvalue weighted by Crippen LogP contribution is -2.09. The van der Waals surface area contributed by atoms with E-state index in [0.717, 1.165) is 28.5 Å². The Morgan fingerprint density at radius 1 is 1.29 bits per heavy atom. The molecule has 1 heterocycles. The SMILES string of the molecule is CCNc1cc(SC2CCCCC2)nc(C)n1. The Labute approximate surface area is 108 Å². The van der Waals surface area contributed by atoms with Crippen LogP contribution < -0.4 is 5.32 Å². The third-order valence-electron chi connectivity index (χ3n) is 3.01. The van der Waals surface area contributed by atoms with Crippen LogP contribution in [0.25, 0.3) is 0 Å². The van der Waals surface area contributed by atoms with E-state index in [-0.39, 0.29) is 0 Å². The summed E-state index contributed by atoms with van der Waals surface area (Å²) in [5.74, 6) is 1.82. The van der Waals surface area contributed by atoms with Crippen molar-refractivity contribution in [2.75, 3.05) is 11.9 Å². The fraction of sp³-hybridized carbons (Fsp3) is 0.692. The maximum atomic E-state index is 4.52. The Hall–Kier alpha value is -0.770. The Morgan fingerprint density at radius 3 is 2.76 bits per heavy atom. The van der Waals surface area contributed by atoms with Gasteiger partial charge < -0.3 is 5.32 Å². The first kappa shape index (κ1) is 12.7. The van der Waals surface area contributed by atoms with Crippen molar-refractivity contribution in [2.45, 2.75) is 56.2 Å². The molecule has 1 aromatic rings. The highest BCUT2D eigenvalue weighted by molar-refractivity contribution is 7.99. The third kappa shape index (κ3) is 3.87. The Bertz CT molecular complexity index is 362. The lowest BCUT2D eigenvalue weighted by molar-refractivity contribution is 0.515. The molecule has 0 aliphatic heterocycles. The van der Waals surface area contributed by atoms with Gasteiger partial charge in [-0.1, -0.05) is 19.3 Å². The maximum absolute atomic E-state index is 4.52. The van der Waals surface area contributed by atoms with Crippen LogP contribution in [0.3, 0.4) is 0 Å². The first-order chi connectivity index (χ1) is 8.28. The van der Waals surface area contributed by atoms with Crippen molar-refractivity contribution in [3.63, 3.8) is 0 Å². The van der Waals surface area contributed by atoms with E-state index in [0.29, 0.717) is 0 Å². The molecule has 0 unspecified atom stereocenters. The Balaban J connectivity index is 2.03. The molecule has 0 atom stereocenters. The van der Waals surface area contributed by atoms with Crippen LogP contribution in [0.2, 0.25) is 0 Å². The van der Waals surface area contributed by atoms with Gasteiger partial charge in [0.15, 0.2) is 0 Å². The molecule has 1 aromatic heterocycles. The molecule has 1 saturated carbocycles. The van der Waals surface area contributed by atoms with E-state index in [1.807, 2.05) is 18.7 Å². The van der Waals surface area contributed by atoms with Gasteiger partial charge in [-0.15, -0.1) is 11.8 Å². The van der Waals surface area contributed by atoms with Crippen LogP contribution >= 0.6 is 11.8 Å². The smallest absolute Gasteiger partial charge is 0.130 e. The highest BCUT2D eigenvalue weighted by atomic mass is 32.2. The minimum Gasteiger partial charge on any atom is -0.370 e. The van der Waals surface area contributed by atoms with Gasteiger partial charge in [0, 0.05) is 17.9 Å². The summed E-state index contributed by atoms with van der Waals surface area (Å²) >= 11 is 1.93. The number of aryl methyl sites for hydroxylation is 1. The molecule has 1 N–H and O–H groups in total. The van der Waals surface area contributed by atoms with E-state index in [1.54, 1.807) is 0 Å². The maximum Gasteiger partial charge on any atom is 0.130 e. The van der Waals surface area contributed by atoms with E-state index in [2.05, 4.69) is 28.3 Å². The van der Waals surface area contributed by atoms with Crippen molar-refractivity contribution in [1.82, 2.24) is 9.97 Å². The number of nitrogens with zero attached hydrogens (tertiary/aromatic N) is 2. The molecule has 1 fully saturated rings. The molecule has 3 nitrogen and oxygen atoms in total. The standard InChI is InChI=1S/C13H21N3S/c1-3-14-12-9-13(16-10(2)15-12)17-11-7-5-4-6-8-11/h9,11H,3-8H2,1-2H3,(H,14,15,16). The zero-order valence-corrected chi connectivity index (χ0v) is 11.5. The van der Waals surface area contributed by atoms with Crippen molar-refractivity contribution < 1.29 is 0 Å². The molecule has 0 bridgehead atoms. The van der Waals surface area contributed by atoms with Crippen LogP contribution in [0.15, 0.2) is 11.1 Å². The second-order valence-corrected chi connectivity index (χ2v) is 5.87. The monoisotopic (exact) mass is 251 g/mol. The van der Waals surface area contributed by atoms with Crippen LogP contribution in [0.4, 0.5) is 5.82 Å². The Kier molecular flexibility index (Phi) is 4.66.